The second-order valence-corrected chi connectivity index (χ2v) is 5.60. The van der Waals surface area contributed by atoms with Gasteiger partial charge in [-0.2, -0.15) is 0 Å². The fourth-order valence-electron chi connectivity index (χ4n) is 1.75. The summed E-state index contributed by atoms with van der Waals surface area (Å²) in [6.07, 6.45) is 1.47. The molecule has 0 atom stereocenters. The number of rotatable bonds is 4. The van der Waals surface area contributed by atoms with Crippen LogP contribution in [-0.4, -0.2) is 27.4 Å². The van der Waals surface area contributed by atoms with Gasteiger partial charge in [0, 0.05) is 30.4 Å². The zero-order valence-electron chi connectivity index (χ0n) is 11.4. The van der Waals surface area contributed by atoms with Gasteiger partial charge in [0.25, 0.3) is 5.56 Å². The number of aromatic nitrogens is 2. The number of nitrogens with zero attached hydrogens (tertiary/aromatic N) is 3. The van der Waals surface area contributed by atoms with Crippen LogP contribution in [0.1, 0.15) is 10.7 Å². The highest BCUT2D eigenvalue weighted by molar-refractivity contribution is 7.09. The third-order valence-electron chi connectivity index (χ3n) is 2.80. The van der Waals surface area contributed by atoms with E-state index in [1.54, 1.807) is 23.3 Å². The van der Waals surface area contributed by atoms with Crippen molar-refractivity contribution in [2.75, 3.05) is 12.8 Å². The van der Waals surface area contributed by atoms with E-state index in [1.165, 1.54) is 22.9 Å². The van der Waals surface area contributed by atoms with Crippen molar-refractivity contribution in [1.29, 1.82) is 0 Å². The Balaban J connectivity index is 2.04. The molecule has 0 unspecified atom stereocenters. The van der Waals surface area contributed by atoms with Gasteiger partial charge in [0.05, 0.1) is 17.2 Å². The molecule has 106 valence electrons. The lowest BCUT2D eigenvalue weighted by atomic mass is 10.4. The highest BCUT2D eigenvalue weighted by Gasteiger charge is 2.12. The molecular formula is C13H16N4O2S. The maximum Gasteiger partial charge on any atom is 0.251 e. The highest BCUT2D eigenvalue weighted by Crippen LogP contribution is 2.10. The highest BCUT2D eigenvalue weighted by atomic mass is 32.1. The van der Waals surface area contributed by atoms with E-state index in [9.17, 15) is 9.59 Å². The monoisotopic (exact) mass is 292 g/mol. The van der Waals surface area contributed by atoms with Crippen LogP contribution >= 0.6 is 11.3 Å². The number of aryl methyl sites for hydroxylation is 1. The summed E-state index contributed by atoms with van der Waals surface area (Å²) in [7, 11) is 1.69. The van der Waals surface area contributed by atoms with Gasteiger partial charge >= 0.3 is 0 Å². The Labute approximate surface area is 120 Å². The minimum Gasteiger partial charge on any atom is -0.398 e. The molecule has 6 nitrogen and oxygen atoms in total. The summed E-state index contributed by atoms with van der Waals surface area (Å²) in [5.74, 6) is -0.164. The fourth-order valence-corrected chi connectivity index (χ4v) is 2.36. The van der Waals surface area contributed by atoms with Gasteiger partial charge in [0.15, 0.2) is 0 Å². The third kappa shape index (κ3) is 3.45. The van der Waals surface area contributed by atoms with Crippen LogP contribution in [0.5, 0.6) is 0 Å². The van der Waals surface area contributed by atoms with Crippen LogP contribution in [0.2, 0.25) is 0 Å². The van der Waals surface area contributed by atoms with Crippen molar-refractivity contribution in [3.8, 4) is 0 Å². The smallest absolute Gasteiger partial charge is 0.251 e. The average molecular weight is 292 g/mol. The van der Waals surface area contributed by atoms with Crippen LogP contribution in [-0.2, 0) is 17.9 Å². The lowest BCUT2D eigenvalue weighted by Crippen LogP contribution is -2.33. The molecule has 0 radical (unpaired) electrons. The van der Waals surface area contributed by atoms with E-state index in [-0.39, 0.29) is 18.0 Å². The van der Waals surface area contributed by atoms with E-state index in [0.29, 0.717) is 12.2 Å². The molecule has 0 aromatic carbocycles. The summed E-state index contributed by atoms with van der Waals surface area (Å²) < 4.78 is 1.31. The summed E-state index contributed by atoms with van der Waals surface area (Å²) in [4.78, 5) is 29.6. The predicted molar refractivity (Wildman–Crippen MR) is 78.4 cm³/mol. The molecule has 0 saturated carbocycles. The molecule has 2 rings (SSSR count). The summed E-state index contributed by atoms with van der Waals surface area (Å²) in [5, 5.41) is 2.89. The molecule has 0 bridgehead atoms. The lowest BCUT2D eigenvalue weighted by Gasteiger charge is -2.16. The zero-order chi connectivity index (χ0) is 14.7. The van der Waals surface area contributed by atoms with E-state index >= 15 is 0 Å². The number of pyridine rings is 1. The molecule has 20 heavy (non-hydrogen) atoms. The van der Waals surface area contributed by atoms with Crippen LogP contribution in [0.25, 0.3) is 0 Å². The van der Waals surface area contributed by atoms with E-state index in [4.69, 9.17) is 5.73 Å². The second kappa shape index (κ2) is 5.87. The van der Waals surface area contributed by atoms with Crippen LogP contribution in [0, 0.1) is 6.92 Å². The van der Waals surface area contributed by atoms with Gasteiger partial charge in [0.2, 0.25) is 5.91 Å². The number of hydrogen-bond acceptors (Lipinski definition) is 5. The summed E-state index contributed by atoms with van der Waals surface area (Å²) in [6, 6.07) is 2.87. The van der Waals surface area contributed by atoms with Crippen LogP contribution in [0.15, 0.2) is 28.5 Å². The van der Waals surface area contributed by atoms with Crippen LogP contribution in [0.3, 0.4) is 0 Å². The Kier molecular flexibility index (Phi) is 4.19. The fraction of sp³-hybridized carbons (Fsp3) is 0.308. The number of anilines is 1. The molecule has 0 aliphatic carbocycles. The number of carbonyl (C=O) groups excluding carboxylic acids is 1. The average Bonchev–Trinajstić information content (AvgIpc) is 2.79. The maximum absolute atomic E-state index is 12.1. The molecule has 2 heterocycles. The molecule has 0 fully saturated rings. The first-order valence-electron chi connectivity index (χ1n) is 6.06. The second-order valence-electron chi connectivity index (χ2n) is 4.54. The Morgan fingerprint density at radius 2 is 2.25 bits per heavy atom. The SMILES string of the molecule is Cc1nc(CN(C)C(=O)Cn2cc(N)ccc2=O)cs1. The van der Waals surface area contributed by atoms with Gasteiger partial charge in [-0.1, -0.05) is 0 Å². The van der Waals surface area contributed by atoms with Gasteiger partial charge < -0.3 is 15.2 Å². The normalized spacial score (nSPS) is 10.5. The zero-order valence-corrected chi connectivity index (χ0v) is 12.2. The summed E-state index contributed by atoms with van der Waals surface area (Å²) in [5.41, 5.74) is 6.67. The van der Waals surface area contributed by atoms with E-state index < -0.39 is 0 Å². The molecule has 0 aliphatic heterocycles. The molecule has 7 heteroatoms. The van der Waals surface area contributed by atoms with Gasteiger partial charge in [-0.3, -0.25) is 9.59 Å². The van der Waals surface area contributed by atoms with Gasteiger partial charge in [-0.15, -0.1) is 11.3 Å². The molecule has 0 spiro atoms. The molecule has 2 aromatic heterocycles. The first-order chi connectivity index (χ1) is 9.45. The molecule has 1 amide bonds. The first-order valence-corrected chi connectivity index (χ1v) is 6.94. The van der Waals surface area contributed by atoms with Gasteiger partial charge in [-0.25, -0.2) is 4.98 Å². The number of carbonyl (C=O) groups is 1. The summed E-state index contributed by atoms with van der Waals surface area (Å²) in [6.45, 7) is 2.33. The van der Waals surface area contributed by atoms with E-state index in [2.05, 4.69) is 4.98 Å². The Bertz CT molecular complexity index is 677. The Morgan fingerprint density at radius 3 is 2.90 bits per heavy atom. The Morgan fingerprint density at radius 1 is 1.50 bits per heavy atom. The number of amides is 1. The first kappa shape index (κ1) is 14.3. The standard InChI is InChI=1S/C13H16N4O2S/c1-9-15-11(8-20-9)6-16(2)13(19)7-17-5-10(14)3-4-12(17)18/h3-5,8H,6-7,14H2,1-2H3. The summed E-state index contributed by atoms with van der Waals surface area (Å²) >= 11 is 1.55. The molecule has 2 aromatic rings. The number of nitrogens with two attached hydrogens (primary N) is 1. The Hall–Kier alpha value is -2.15. The van der Waals surface area contributed by atoms with E-state index in [1.807, 2.05) is 12.3 Å². The number of hydrogen-bond donors (Lipinski definition) is 1. The van der Waals surface area contributed by atoms with Crippen LogP contribution in [0.4, 0.5) is 5.69 Å². The van der Waals surface area contributed by atoms with Crippen molar-refractivity contribution in [1.82, 2.24) is 14.5 Å². The largest absolute Gasteiger partial charge is 0.398 e. The lowest BCUT2D eigenvalue weighted by molar-refractivity contribution is -0.131. The minimum atomic E-state index is -0.245. The van der Waals surface area contributed by atoms with Crippen molar-refractivity contribution in [3.05, 3.63) is 44.8 Å². The van der Waals surface area contributed by atoms with Gasteiger partial charge in [0.1, 0.15) is 6.54 Å². The van der Waals surface area contributed by atoms with Gasteiger partial charge in [-0.05, 0) is 13.0 Å². The van der Waals surface area contributed by atoms with E-state index in [0.717, 1.165) is 10.7 Å². The molecule has 2 N–H and O–H groups in total. The number of likely N-dealkylation sites (N-methyl/N-ethyl adjacent to an activating group) is 1. The third-order valence-corrected chi connectivity index (χ3v) is 3.63. The number of nitrogen functional groups attached to an aromatic ring is 1. The predicted octanol–water partition coefficient (Wildman–Crippen LogP) is 0.854. The molecular weight excluding hydrogens is 276 g/mol. The van der Waals surface area contributed by atoms with Crippen molar-refractivity contribution in [3.63, 3.8) is 0 Å². The van der Waals surface area contributed by atoms with Crippen molar-refractivity contribution < 1.29 is 4.79 Å². The molecule has 0 aliphatic rings. The maximum atomic E-state index is 12.1. The molecule has 0 saturated heterocycles. The van der Waals surface area contributed by atoms with Crippen molar-refractivity contribution in [2.24, 2.45) is 0 Å². The van der Waals surface area contributed by atoms with Crippen LogP contribution < -0.4 is 11.3 Å². The number of thiazole rings is 1. The topological polar surface area (TPSA) is 81.2 Å². The van der Waals surface area contributed by atoms with Crippen molar-refractivity contribution in [2.45, 2.75) is 20.0 Å². The van der Waals surface area contributed by atoms with Crippen molar-refractivity contribution >= 4 is 22.9 Å². The minimum absolute atomic E-state index is 0.0243. The quantitative estimate of drug-likeness (QED) is 0.906.